The summed E-state index contributed by atoms with van der Waals surface area (Å²) >= 11 is 0. The lowest BCUT2D eigenvalue weighted by atomic mass is 9.81. The van der Waals surface area contributed by atoms with Crippen LogP contribution in [0.25, 0.3) is 72.1 Å². The van der Waals surface area contributed by atoms with Crippen molar-refractivity contribution in [2.75, 3.05) is 0 Å². The van der Waals surface area contributed by atoms with Crippen LogP contribution in [0.15, 0.2) is 206 Å². The molecule has 0 amide bonds. The fourth-order valence-corrected chi connectivity index (χ4v) is 9.46. The second-order valence-electron chi connectivity index (χ2n) is 16.2. The maximum Gasteiger partial charge on any atom is 0.0707 e. The topological polar surface area (TPSA) is 17.0 Å². The SMILES string of the molecule is CC1(C)c2ccccc2-c2ccc(-c3cccc(-c4ccc5c6ccccc6n(-c6cccc(C7C=C(c8ccccc8)C=C(c8ccccc8)N7)c6)c5c4)c3)cc21. The van der Waals surface area contributed by atoms with E-state index < -0.39 is 0 Å². The van der Waals surface area contributed by atoms with Crippen LogP contribution in [-0.2, 0) is 5.41 Å². The number of hydrogen-bond acceptors (Lipinski definition) is 1. The van der Waals surface area contributed by atoms with Crippen LogP contribution in [0, 0.1) is 0 Å². The number of rotatable bonds is 6. The molecule has 2 nitrogen and oxygen atoms in total. The molecule has 2 heteroatoms. The van der Waals surface area contributed by atoms with Crippen LogP contribution in [0.1, 0.15) is 47.7 Å². The fourth-order valence-electron chi connectivity index (χ4n) is 9.46. The first kappa shape index (κ1) is 34.1. The summed E-state index contributed by atoms with van der Waals surface area (Å²) in [5.74, 6) is 0. The number of para-hydroxylation sites is 1. The summed E-state index contributed by atoms with van der Waals surface area (Å²) in [5.41, 5.74) is 19.8. The minimum Gasteiger partial charge on any atom is -0.374 e. The molecule has 0 bridgehead atoms. The lowest BCUT2D eigenvalue weighted by Gasteiger charge is -2.26. The van der Waals surface area contributed by atoms with Gasteiger partial charge in [0.2, 0.25) is 0 Å². The van der Waals surface area contributed by atoms with Crippen LogP contribution in [-0.4, -0.2) is 4.57 Å². The van der Waals surface area contributed by atoms with Crippen molar-refractivity contribution < 1.29 is 0 Å². The van der Waals surface area contributed by atoms with Gasteiger partial charge in [0.1, 0.15) is 0 Å². The largest absolute Gasteiger partial charge is 0.374 e. The van der Waals surface area contributed by atoms with Crippen LogP contribution in [0.2, 0.25) is 0 Å². The van der Waals surface area contributed by atoms with Crippen molar-refractivity contribution >= 4 is 33.1 Å². The third-order valence-electron chi connectivity index (χ3n) is 12.4. The van der Waals surface area contributed by atoms with Gasteiger partial charge < -0.3 is 9.88 Å². The van der Waals surface area contributed by atoms with Gasteiger partial charge in [0, 0.05) is 27.6 Å². The summed E-state index contributed by atoms with van der Waals surface area (Å²) in [6, 6.07) is 71.1. The number of benzene rings is 8. The number of aromatic nitrogens is 1. The molecule has 1 N–H and O–H groups in total. The summed E-state index contributed by atoms with van der Waals surface area (Å²) in [6.07, 6.45) is 4.64. The van der Waals surface area contributed by atoms with Crippen molar-refractivity contribution in [1.82, 2.24) is 9.88 Å². The van der Waals surface area contributed by atoms with E-state index in [4.69, 9.17) is 0 Å². The van der Waals surface area contributed by atoms with Gasteiger partial charge in [-0.2, -0.15) is 0 Å². The Morgan fingerprint density at radius 3 is 1.90 bits per heavy atom. The van der Waals surface area contributed by atoms with E-state index in [0.717, 1.165) is 11.4 Å². The first-order chi connectivity index (χ1) is 28.5. The number of nitrogens with zero attached hydrogens (tertiary/aromatic N) is 1. The van der Waals surface area contributed by atoms with Crippen molar-refractivity contribution in [1.29, 1.82) is 0 Å². The van der Waals surface area contributed by atoms with E-state index in [-0.39, 0.29) is 11.5 Å². The van der Waals surface area contributed by atoms with Gasteiger partial charge in [-0.1, -0.05) is 172 Å². The molecular formula is C56H42N2. The third-order valence-corrected chi connectivity index (χ3v) is 12.4. The summed E-state index contributed by atoms with van der Waals surface area (Å²) in [6.45, 7) is 4.70. The van der Waals surface area contributed by atoms with E-state index in [1.165, 1.54) is 88.6 Å². The minimum absolute atomic E-state index is 0.0132. The molecule has 1 aliphatic heterocycles. The number of nitrogens with one attached hydrogen (secondary N) is 1. The van der Waals surface area contributed by atoms with E-state index in [0.29, 0.717) is 0 Å². The summed E-state index contributed by atoms with van der Waals surface area (Å²) in [5, 5.41) is 6.38. The highest BCUT2D eigenvalue weighted by Crippen LogP contribution is 2.49. The highest BCUT2D eigenvalue weighted by atomic mass is 15.0. The van der Waals surface area contributed by atoms with Crippen molar-refractivity contribution in [3.05, 3.63) is 234 Å². The molecule has 0 fully saturated rings. The molecule has 0 saturated heterocycles. The molecule has 11 rings (SSSR count). The Hall–Kier alpha value is -7.16. The number of hydrogen-bond donors (Lipinski definition) is 1. The van der Waals surface area contributed by atoms with E-state index >= 15 is 0 Å². The zero-order valence-electron chi connectivity index (χ0n) is 32.7. The van der Waals surface area contributed by atoms with E-state index in [2.05, 4.69) is 230 Å². The first-order valence-corrected chi connectivity index (χ1v) is 20.3. The van der Waals surface area contributed by atoms with Gasteiger partial charge in [-0.25, -0.2) is 0 Å². The molecule has 8 aromatic carbocycles. The summed E-state index contributed by atoms with van der Waals surface area (Å²) in [7, 11) is 0. The molecule has 9 aromatic rings. The van der Waals surface area contributed by atoms with E-state index in [1.54, 1.807) is 0 Å². The van der Waals surface area contributed by atoms with Gasteiger partial charge in [-0.3, -0.25) is 0 Å². The van der Waals surface area contributed by atoms with Gasteiger partial charge in [0.25, 0.3) is 0 Å². The van der Waals surface area contributed by atoms with E-state index in [9.17, 15) is 0 Å². The van der Waals surface area contributed by atoms with Crippen LogP contribution < -0.4 is 5.32 Å². The second-order valence-corrected chi connectivity index (χ2v) is 16.2. The Morgan fingerprint density at radius 1 is 0.448 bits per heavy atom. The van der Waals surface area contributed by atoms with Crippen LogP contribution in [0.5, 0.6) is 0 Å². The van der Waals surface area contributed by atoms with Crippen LogP contribution in [0.3, 0.4) is 0 Å². The molecule has 2 heterocycles. The normalized spacial score (nSPS) is 15.4. The van der Waals surface area contributed by atoms with Crippen molar-refractivity contribution in [2.45, 2.75) is 25.3 Å². The predicted octanol–water partition coefficient (Wildman–Crippen LogP) is 14.2. The molecule has 0 radical (unpaired) electrons. The zero-order chi connectivity index (χ0) is 38.8. The highest BCUT2D eigenvalue weighted by Gasteiger charge is 2.35. The van der Waals surface area contributed by atoms with Crippen molar-refractivity contribution in [3.63, 3.8) is 0 Å². The second kappa shape index (κ2) is 13.5. The average Bonchev–Trinajstić information content (AvgIpc) is 3.74. The maximum atomic E-state index is 3.88. The standard InChI is InChI=1S/C56H42N2/c1-56(2)50-25-11-9-23-46(50)47-29-27-41(33-51(47)56)39-19-13-20-40(31-39)42-28-30-49-48-24-10-12-26-54(48)58(55(49)36-42)45-22-14-21-43(32-45)53-35-44(37-15-5-3-6-16-37)34-52(57-53)38-17-7-4-8-18-38/h3-36,53,57H,1-2H3. The van der Waals surface area contributed by atoms with Gasteiger partial charge in [-0.15, -0.1) is 0 Å². The van der Waals surface area contributed by atoms with Crippen molar-refractivity contribution in [3.8, 4) is 39.1 Å². The monoisotopic (exact) mass is 742 g/mol. The Morgan fingerprint density at radius 2 is 1.07 bits per heavy atom. The summed E-state index contributed by atoms with van der Waals surface area (Å²) < 4.78 is 2.44. The molecule has 276 valence electrons. The highest BCUT2D eigenvalue weighted by molar-refractivity contribution is 6.10. The Bertz CT molecular complexity index is 3110. The molecule has 1 atom stereocenters. The zero-order valence-corrected chi connectivity index (χ0v) is 32.7. The Balaban J connectivity index is 0.996. The number of dihydropyridines is 1. The fraction of sp³-hybridized carbons (Fsp3) is 0.0714. The lowest BCUT2D eigenvalue weighted by Crippen LogP contribution is -2.22. The van der Waals surface area contributed by atoms with Crippen LogP contribution >= 0.6 is 0 Å². The van der Waals surface area contributed by atoms with Gasteiger partial charge in [0.15, 0.2) is 0 Å². The first-order valence-electron chi connectivity index (χ1n) is 20.3. The lowest BCUT2D eigenvalue weighted by molar-refractivity contribution is 0.660. The van der Waals surface area contributed by atoms with Gasteiger partial charge >= 0.3 is 0 Å². The smallest absolute Gasteiger partial charge is 0.0707 e. The van der Waals surface area contributed by atoms with Gasteiger partial charge in [0.05, 0.1) is 17.1 Å². The molecule has 1 aliphatic carbocycles. The quantitative estimate of drug-likeness (QED) is 0.179. The number of allylic oxidation sites excluding steroid dienone is 2. The third kappa shape index (κ3) is 5.64. The predicted molar refractivity (Wildman–Crippen MR) is 244 cm³/mol. The van der Waals surface area contributed by atoms with Gasteiger partial charge in [-0.05, 0) is 115 Å². The molecule has 1 unspecified atom stereocenters. The molecule has 0 spiro atoms. The molecule has 1 aromatic heterocycles. The molecule has 58 heavy (non-hydrogen) atoms. The maximum absolute atomic E-state index is 3.88. The minimum atomic E-state index is -0.0380. The molecule has 0 saturated carbocycles. The van der Waals surface area contributed by atoms with Crippen molar-refractivity contribution in [2.24, 2.45) is 0 Å². The van der Waals surface area contributed by atoms with E-state index in [1.807, 2.05) is 0 Å². The summed E-state index contributed by atoms with van der Waals surface area (Å²) in [4.78, 5) is 0. The van der Waals surface area contributed by atoms with Crippen LogP contribution in [0.4, 0.5) is 0 Å². The molecular weight excluding hydrogens is 701 g/mol. The Kier molecular flexibility index (Phi) is 7.94. The molecule has 2 aliphatic rings. The Labute approximate surface area is 340 Å². The number of fused-ring (bicyclic) bond motifs is 6. The average molecular weight is 743 g/mol.